The minimum Gasteiger partial charge on any atom is -0.349 e. The van der Waals surface area contributed by atoms with E-state index in [-0.39, 0.29) is 11.1 Å². The van der Waals surface area contributed by atoms with E-state index in [2.05, 4.69) is 0 Å². The molecule has 2 fully saturated rings. The van der Waals surface area contributed by atoms with Gasteiger partial charge in [0.25, 0.3) is 0 Å². The number of rotatable bonds is 2. The van der Waals surface area contributed by atoms with Crippen LogP contribution >= 0.6 is 0 Å². The molecule has 2 heterocycles. The molecule has 1 aliphatic carbocycles. The predicted molar refractivity (Wildman–Crippen MR) is 132 cm³/mol. The number of hydrogen-bond acceptors (Lipinski definition) is 5. The summed E-state index contributed by atoms with van der Waals surface area (Å²) in [6.07, 6.45) is -0.921. The molecule has 6 heteroatoms. The fourth-order valence-electron chi connectivity index (χ4n) is 6.10. The quantitative estimate of drug-likeness (QED) is 0.316. The van der Waals surface area contributed by atoms with Gasteiger partial charge in [0.05, 0.1) is 23.6 Å². The van der Waals surface area contributed by atoms with Gasteiger partial charge < -0.3 is 4.74 Å². The van der Waals surface area contributed by atoms with Crippen molar-refractivity contribution in [3.05, 3.63) is 114 Å². The number of carbonyl (C=O) groups is 4. The third kappa shape index (κ3) is 2.49. The zero-order valence-corrected chi connectivity index (χ0v) is 19.0. The number of amides is 2. The van der Waals surface area contributed by atoms with E-state index in [0.717, 1.165) is 15.7 Å². The summed E-state index contributed by atoms with van der Waals surface area (Å²) in [7, 11) is 0. The lowest BCUT2D eigenvalue weighted by Gasteiger charge is -2.27. The van der Waals surface area contributed by atoms with Crippen LogP contribution in [-0.2, 0) is 14.3 Å². The number of imide groups is 1. The van der Waals surface area contributed by atoms with Crippen molar-refractivity contribution in [2.75, 3.05) is 4.90 Å². The van der Waals surface area contributed by atoms with Gasteiger partial charge in [-0.05, 0) is 17.0 Å². The van der Waals surface area contributed by atoms with Gasteiger partial charge in [0.15, 0.2) is 0 Å². The monoisotopic (exact) mass is 473 g/mol. The summed E-state index contributed by atoms with van der Waals surface area (Å²) in [6.45, 7) is 0. The van der Waals surface area contributed by atoms with Crippen LogP contribution in [0.25, 0.3) is 10.8 Å². The van der Waals surface area contributed by atoms with Crippen LogP contribution in [0, 0.1) is 11.8 Å². The zero-order chi connectivity index (χ0) is 24.6. The molecule has 2 aliphatic heterocycles. The van der Waals surface area contributed by atoms with Gasteiger partial charge >= 0.3 is 0 Å². The maximum Gasteiger partial charge on any atom is 0.241 e. The summed E-state index contributed by atoms with van der Waals surface area (Å²) in [4.78, 5) is 57.0. The Morgan fingerprint density at radius 2 is 1.25 bits per heavy atom. The lowest BCUT2D eigenvalue weighted by atomic mass is 9.77. The molecular weight excluding hydrogens is 454 g/mol. The second-order valence-electron chi connectivity index (χ2n) is 9.40. The Bertz CT molecular complexity index is 1580. The van der Waals surface area contributed by atoms with Gasteiger partial charge in [0.2, 0.25) is 29.0 Å². The summed E-state index contributed by atoms with van der Waals surface area (Å²) in [5.41, 5.74) is -0.546. The number of hydrogen-bond donors (Lipinski definition) is 0. The van der Waals surface area contributed by atoms with E-state index in [0.29, 0.717) is 11.3 Å². The Hall–Kier alpha value is -4.42. The van der Waals surface area contributed by atoms with Crippen molar-refractivity contribution in [1.82, 2.24) is 0 Å². The Morgan fingerprint density at radius 3 is 1.97 bits per heavy atom. The average molecular weight is 473 g/mol. The maximum atomic E-state index is 14.1. The van der Waals surface area contributed by atoms with Crippen LogP contribution in [0.2, 0.25) is 0 Å². The van der Waals surface area contributed by atoms with Crippen molar-refractivity contribution < 1.29 is 23.9 Å². The van der Waals surface area contributed by atoms with Crippen LogP contribution in [0.3, 0.4) is 0 Å². The average Bonchev–Trinajstić information content (AvgIpc) is 3.49. The van der Waals surface area contributed by atoms with Gasteiger partial charge in [0, 0.05) is 16.5 Å². The van der Waals surface area contributed by atoms with Crippen molar-refractivity contribution in [1.29, 1.82) is 0 Å². The number of ketones is 2. The fourth-order valence-corrected chi connectivity index (χ4v) is 6.10. The van der Waals surface area contributed by atoms with Crippen molar-refractivity contribution in [3.63, 3.8) is 0 Å². The maximum absolute atomic E-state index is 14.1. The Morgan fingerprint density at radius 1 is 0.639 bits per heavy atom. The molecule has 0 N–H and O–H groups in total. The number of carbonyl (C=O) groups excluding carboxylic acids is 4. The van der Waals surface area contributed by atoms with Gasteiger partial charge in [-0.2, -0.15) is 0 Å². The van der Waals surface area contributed by atoms with Crippen LogP contribution in [-0.4, -0.2) is 29.0 Å². The first kappa shape index (κ1) is 20.9. The van der Waals surface area contributed by atoms with Gasteiger partial charge in [-0.15, -0.1) is 0 Å². The molecule has 7 rings (SSSR count). The highest BCUT2D eigenvalue weighted by atomic mass is 16.5. The predicted octanol–water partition coefficient (Wildman–Crippen LogP) is 4.53. The second kappa shape index (κ2) is 7.29. The molecule has 6 nitrogen and oxygen atoms in total. The standard InChI is InChI=1S/C30H19NO5/c32-26-20-14-6-7-15-21(20)27(33)30(26)24-23(25(36-30)18-10-2-1-3-11-18)28(34)31(29(24)35)22-16-8-12-17-9-4-5-13-19(17)22/h1-16,23-25H/t23-,24+,25+/m1/s1. The summed E-state index contributed by atoms with van der Waals surface area (Å²) < 4.78 is 6.32. The molecule has 0 aromatic heterocycles. The van der Waals surface area contributed by atoms with E-state index in [1.165, 1.54) is 0 Å². The molecule has 4 aromatic rings. The topological polar surface area (TPSA) is 80.8 Å². The number of ether oxygens (including phenoxy) is 1. The molecular formula is C30H19NO5. The molecule has 0 unspecified atom stereocenters. The van der Waals surface area contributed by atoms with Gasteiger partial charge in [-0.1, -0.05) is 91.0 Å². The van der Waals surface area contributed by atoms with Gasteiger partial charge in [-0.25, -0.2) is 4.90 Å². The number of anilines is 1. The molecule has 2 amide bonds. The van der Waals surface area contributed by atoms with E-state index in [4.69, 9.17) is 4.74 Å². The number of nitrogens with zero attached hydrogens (tertiary/aromatic N) is 1. The van der Waals surface area contributed by atoms with E-state index in [9.17, 15) is 19.2 Å². The fraction of sp³-hybridized carbons (Fsp3) is 0.133. The van der Waals surface area contributed by atoms with Crippen LogP contribution < -0.4 is 4.90 Å². The molecule has 0 radical (unpaired) electrons. The minimum absolute atomic E-state index is 0.221. The first-order valence-electron chi connectivity index (χ1n) is 11.8. The molecule has 174 valence electrons. The number of Topliss-reactive ketones (excluding diaryl/α,β-unsaturated/α-hetero) is 2. The van der Waals surface area contributed by atoms with Crippen LogP contribution in [0.4, 0.5) is 5.69 Å². The first-order valence-corrected chi connectivity index (χ1v) is 11.8. The molecule has 3 atom stereocenters. The van der Waals surface area contributed by atoms with Crippen LogP contribution in [0.15, 0.2) is 97.1 Å². The van der Waals surface area contributed by atoms with Crippen molar-refractivity contribution in [2.45, 2.75) is 11.7 Å². The van der Waals surface area contributed by atoms with E-state index in [1.54, 1.807) is 60.7 Å². The molecule has 0 saturated carbocycles. The summed E-state index contributed by atoms with van der Waals surface area (Å²) in [5.74, 6) is -4.45. The molecule has 0 bridgehead atoms. The second-order valence-corrected chi connectivity index (χ2v) is 9.40. The van der Waals surface area contributed by atoms with Gasteiger partial charge in [-0.3, -0.25) is 19.2 Å². The third-order valence-electron chi connectivity index (χ3n) is 7.65. The van der Waals surface area contributed by atoms with Crippen LogP contribution in [0.5, 0.6) is 0 Å². The summed E-state index contributed by atoms with van der Waals surface area (Å²) in [5, 5.41) is 1.61. The van der Waals surface area contributed by atoms with Crippen LogP contribution in [0.1, 0.15) is 32.4 Å². The molecule has 1 spiro atoms. The zero-order valence-electron chi connectivity index (χ0n) is 19.0. The van der Waals surface area contributed by atoms with E-state index < -0.39 is 46.9 Å². The van der Waals surface area contributed by atoms with E-state index in [1.807, 2.05) is 36.4 Å². The number of benzene rings is 4. The smallest absolute Gasteiger partial charge is 0.241 e. The summed E-state index contributed by atoms with van der Waals surface area (Å²) in [6, 6.07) is 28.4. The normalized spacial score (nSPS) is 24.1. The highest BCUT2D eigenvalue weighted by Crippen LogP contribution is 2.58. The van der Waals surface area contributed by atoms with E-state index >= 15 is 0 Å². The summed E-state index contributed by atoms with van der Waals surface area (Å²) >= 11 is 0. The Kier molecular flexibility index (Phi) is 4.23. The minimum atomic E-state index is -2.07. The molecule has 3 aliphatic rings. The lowest BCUT2D eigenvalue weighted by molar-refractivity contribution is -0.127. The highest BCUT2D eigenvalue weighted by molar-refractivity contribution is 6.37. The molecule has 36 heavy (non-hydrogen) atoms. The lowest BCUT2D eigenvalue weighted by Crippen LogP contribution is -2.51. The molecule has 2 saturated heterocycles. The Balaban J connectivity index is 1.45. The highest BCUT2D eigenvalue weighted by Gasteiger charge is 2.74. The third-order valence-corrected chi connectivity index (χ3v) is 7.65. The molecule has 4 aromatic carbocycles. The van der Waals surface area contributed by atoms with Crippen molar-refractivity contribution >= 4 is 39.8 Å². The van der Waals surface area contributed by atoms with Crippen molar-refractivity contribution in [2.24, 2.45) is 11.8 Å². The first-order chi connectivity index (χ1) is 17.5. The van der Waals surface area contributed by atoms with Crippen molar-refractivity contribution in [3.8, 4) is 0 Å². The SMILES string of the molecule is O=C1[C@@H]2[C@@H](C(=O)N1c1cccc3ccccc13)C1(O[C@H]2c2ccccc2)C(=O)c2ccccc2C1=O. The number of fused-ring (bicyclic) bond motifs is 4. The largest absolute Gasteiger partial charge is 0.349 e. The van der Waals surface area contributed by atoms with Gasteiger partial charge in [0.1, 0.15) is 0 Å². The Labute approximate surface area is 206 Å².